The van der Waals surface area contributed by atoms with Crippen molar-refractivity contribution in [3.63, 3.8) is 0 Å². The first-order valence-electron chi connectivity index (χ1n) is 5.18. The van der Waals surface area contributed by atoms with Crippen LogP contribution in [0.2, 0.25) is 0 Å². The maximum Gasteiger partial charge on any atom is 0.261 e. The standard InChI is InChI=1S/C11H16BrF2NO2/c1-3-4-8(10(16)5-12)9(15-2)6-17-7-11(13)14/h4,11H,3,5-7H2,1-2H3/b8-4+,15-9?. The highest BCUT2D eigenvalue weighted by atomic mass is 79.9. The van der Waals surface area contributed by atoms with Crippen LogP contribution in [0.5, 0.6) is 0 Å². The van der Waals surface area contributed by atoms with Crippen LogP contribution in [0.25, 0.3) is 0 Å². The molecule has 0 aromatic rings. The number of carbonyl (C=O) groups is 1. The van der Waals surface area contributed by atoms with Crippen molar-refractivity contribution in [2.45, 2.75) is 19.8 Å². The van der Waals surface area contributed by atoms with Gasteiger partial charge in [0.1, 0.15) is 6.61 Å². The summed E-state index contributed by atoms with van der Waals surface area (Å²) in [6, 6.07) is 0. The van der Waals surface area contributed by atoms with Crippen LogP contribution in [0.4, 0.5) is 8.78 Å². The highest BCUT2D eigenvalue weighted by molar-refractivity contribution is 9.09. The van der Waals surface area contributed by atoms with E-state index in [1.807, 2.05) is 6.92 Å². The van der Waals surface area contributed by atoms with Crippen molar-refractivity contribution in [1.82, 2.24) is 0 Å². The first-order chi connectivity index (χ1) is 8.06. The van der Waals surface area contributed by atoms with Gasteiger partial charge in [-0.1, -0.05) is 28.9 Å². The Morgan fingerprint density at radius 3 is 2.59 bits per heavy atom. The van der Waals surface area contributed by atoms with E-state index < -0.39 is 13.0 Å². The maximum atomic E-state index is 11.9. The molecule has 0 fully saturated rings. The van der Waals surface area contributed by atoms with Gasteiger partial charge in [0.2, 0.25) is 0 Å². The lowest BCUT2D eigenvalue weighted by Crippen LogP contribution is -2.21. The van der Waals surface area contributed by atoms with Gasteiger partial charge in [0.15, 0.2) is 5.78 Å². The number of hydrogen-bond donors (Lipinski definition) is 0. The van der Waals surface area contributed by atoms with E-state index in [0.29, 0.717) is 17.7 Å². The number of aliphatic imine (C=N–C) groups is 1. The Morgan fingerprint density at radius 2 is 2.18 bits per heavy atom. The summed E-state index contributed by atoms with van der Waals surface area (Å²) in [5.74, 6) is -0.131. The van der Waals surface area contributed by atoms with E-state index in [1.54, 1.807) is 6.08 Å². The van der Waals surface area contributed by atoms with Gasteiger partial charge in [0.05, 0.1) is 17.6 Å². The molecule has 0 aromatic heterocycles. The van der Waals surface area contributed by atoms with Crippen LogP contribution >= 0.6 is 15.9 Å². The highest BCUT2D eigenvalue weighted by Gasteiger charge is 2.15. The van der Waals surface area contributed by atoms with Crippen LogP contribution in [-0.4, -0.2) is 43.5 Å². The summed E-state index contributed by atoms with van der Waals surface area (Å²) in [4.78, 5) is 15.5. The van der Waals surface area contributed by atoms with E-state index in [-0.39, 0.29) is 17.7 Å². The fraction of sp³-hybridized carbons (Fsp3) is 0.636. The second kappa shape index (κ2) is 9.41. The summed E-state index contributed by atoms with van der Waals surface area (Å²) in [5.41, 5.74) is 0.832. The molecule has 0 unspecified atom stereocenters. The Bertz CT molecular complexity index is 304. The summed E-state index contributed by atoms with van der Waals surface area (Å²) in [5, 5.41) is 0.173. The summed E-state index contributed by atoms with van der Waals surface area (Å²) in [7, 11) is 1.51. The number of halogens is 3. The van der Waals surface area contributed by atoms with Crippen molar-refractivity contribution >= 4 is 27.4 Å². The second-order valence-electron chi connectivity index (χ2n) is 3.16. The monoisotopic (exact) mass is 311 g/mol. The van der Waals surface area contributed by atoms with Crippen molar-refractivity contribution < 1.29 is 18.3 Å². The van der Waals surface area contributed by atoms with Gasteiger partial charge in [-0.2, -0.15) is 0 Å². The first kappa shape index (κ1) is 16.4. The van der Waals surface area contributed by atoms with E-state index in [1.165, 1.54) is 7.05 Å². The SMILES string of the molecule is CC/C=C(/C(=O)CBr)C(COCC(F)F)=NC. The number of hydrogen-bond acceptors (Lipinski definition) is 3. The van der Waals surface area contributed by atoms with Gasteiger partial charge in [-0.05, 0) is 6.42 Å². The maximum absolute atomic E-state index is 11.9. The van der Waals surface area contributed by atoms with Gasteiger partial charge in [-0.15, -0.1) is 0 Å². The molecule has 0 spiro atoms. The molecule has 0 atom stereocenters. The molecular formula is C11H16BrF2NO2. The Labute approximate surface area is 108 Å². The fourth-order valence-electron chi connectivity index (χ4n) is 1.18. The quantitative estimate of drug-likeness (QED) is 0.393. The molecule has 0 heterocycles. The van der Waals surface area contributed by atoms with Crippen molar-refractivity contribution in [3.8, 4) is 0 Å². The molecule has 0 N–H and O–H groups in total. The van der Waals surface area contributed by atoms with Crippen LogP contribution in [0.15, 0.2) is 16.6 Å². The molecule has 0 aliphatic heterocycles. The zero-order valence-corrected chi connectivity index (χ0v) is 11.5. The van der Waals surface area contributed by atoms with Crippen LogP contribution < -0.4 is 0 Å². The molecule has 0 radical (unpaired) electrons. The molecule has 0 aromatic carbocycles. The van der Waals surface area contributed by atoms with E-state index in [0.717, 1.165) is 0 Å². The molecule has 6 heteroatoms. The predicted octanol–water partition coefficient (Wildman–Crippen LogP) is 2.64. The van der Waals surface area contributed by atoms with Crippen molar-refractivity contribution in [1.29, 1.82) is 0 Å². The normalized spacial score (nSPS) is 13.3. The van der Waals surface area contributed by atoms with Gasteiger partial charge in [0, 0.05) is 12.6 Å². The molecule has 98 valence electrons. The van der Waals surface area contributed by atoms with Gasteiger partial charge in [-0.3, -0.25) is 9.79 Å². The van der Waals surface area contributed by atoms with Gasteiger partial charge < -0.3 is 4.74 Å². The topological polar surface area (TPSA) is 38.7 Å². The lowest BCUT2D eigenvalue weighted by Gasteiger charge is -2.09. The predicted molar refractivity (Wildman–Crippen MR) is 67.4 cm³/mol. The Kier molecular flexibility index (Phi) is 9.07. The summed E-state index contributed by atoms with van der Waals surface area (Å²) >= 11 is 3.07. The summed E-state index contributed by atoms with van der Waals surface area (Å²) in [6.07, 6.45) is -0.127. The first-order valence-corrected chi connectivity index (χ1v) is 6.30. The molecule has 0 saturated heterocycles. The Hall–Kier alpha value is -0.620. The largest absolute Gasteiger partial charge is 0.369 e. The number of carbonyl (C=O) groups excluding carboxylic acids is 1. The number of Topliss-reactive ketones (excluding diaryl/α,β-unsaturated/α-hetero) is 1. The minimum atomic E-state index is -2.52. The molecule has 0 aliphatic carbocycles. The highest BCUT2D eigenvalue weighted by Crippen LogP contribution is 2.06. The van der Waals surface area contributed by atoms with E-state index in [9.17, 15) is 13.6 Å². The van der Waals surface area contributed by atoms with Crippen LogP contribution in [-0.2, 0) is 9.53 Å². The number of ether oxygens (including phenoxy) is 1. The van der Waals surface area contributed by atoms with E-state index in [2.05, 4.69) is 20.9 Å². The zero-order chi connectivity index (χ0) is 13.3. The molecule has 3 nitrogen and oxygen atoms in total. The average molecular weight is 312 g/mol. The zero-order valence-electron chi connectivity index (χ0n) is 9.88. The minimum Gasteiger partial charge on any atom is -0.369 e. The number of alkyl halides is 3. The third kappa shape index (κ3) is 6.63. The Balaban J connectivity index is 4.60. The molecule has 0 amide bonds. The Morgan fingerprint density at radius 1 is 1.53 bits per heavy atom. The third-order valence-electron chi connectivity index (χ3n) is 1.89. The van der Waals surface area contributed by atoms with Crippen LogP contribution in [0.1, 0.15) is 13.3 Å². The molecule has 0 bridgehead atoms. The average Bonchev–Trinajstić information content (AvgIpc) is 2.31. The number of ketones is 1. The third-order valence-corrected chi connectivity index (χ3v) is 2.40. The van der Waals surface area contributed by atoms with Crippen molar-refractivity contribution in [3.05, 3.63) is 11.6 Å². The number of nitrogens with zero attached hydrogens (tertiary/aromatic N) is 1. The summed E-state index contributed by atoms with van der Waals surface area (Å²) in [6.45, 7) is 1.15. The van der Waals surface area contributed by atoms with Crippen LogP contribution in [0.3, 0.4) is 0 Å². The molecule has 0 aliphatic rings. The summed E-state index contributed by atoms with van der Waals surface area (Å²) < 4.78 is 28.6. The lowest BCUT2D eigenvalue weighted by molar-refractivity contribution is -0.112. The smallest absolute Gasteiger partial charge is 0.261 e. The van der Waals surface area contributed by atoms with E-state index in [4.69, 9.17) is 4.74 Å². The lowest BCUT2D eigenvalue weighted by atomic mass is 10.1. The van der Waals surface area contributed by atoms with E-state index >= 15 is 0 Å². The molecule has 17 heavy (non-hydrogen) atoms. The molecular weight excluding hydrogens is 296 g/mol. The van der Waals surface area contributed by atoms with Crippen molar-refractivity contribution in [2.24, 2.45) is 4.99 Å². The van der Waals surface area contributed by atoms with Crippen molar-refractivity contribution in [2.75, 3.05) is 25.6 Å². The molecule has 0 rings (SSSR count). The van der Waals surface area contributed by atoms with Gasteiger partial charge >= 0.3 is 0 Å². The number of allylic oxidation sites excluding steroid dienone is 1. The molecule has 0 saturated carbocycles. The minimum absolute atomic E-state index is 0.0780. The fourth-order valence-corrected chi connectivity index (χ4v) is 1.48. The van der Waals surface area contributed by atoms with Gasteiger partial charge in [0.25, 0.3) is 6.43 Å². The van der Waals surface area contributed by atoms with Gasteiger partial charge in [-0.25, -0.2) is 8.78 Å². The number of rotatable bonds is 8. The van der Waals surface area contributed by atoms with Crippen LogP contribution in [0, 0.1) is 0 Å². The second-order valence-corrected chi connectivity index (χ2v) is 3.72.